The Balaban J connectivity index is 1.96. The van der Waals surface area contributed by atoms with E-state index in [1.807, 2.05) is 13.8 Å². The van der Waals surface area contributed by atoms with Gasteiger partial charge in [-0.05, 0) is 65.2 Å². The quantitative estimate of drug-likeness (QED) is 0.648. The Morgan fingerprint density at radius 2 is 1.96 bits per heavy atom. The minimum absolute atomic E-state index is 0.0204. The number of aryl methyl sites for hydroxylation is 1. The molecule has 0 saturated heterocycles. The molecule has 0 bridgehead atoms. The van der Waals surface area contributed by atoms with Crippen molar-refractivity contribution in [1.82, 2.24) is 9.88 Å². The summed E-state index contributed by atoms with van der Waals surface area (Å²) in [7, 11) is 0. The van der Waals surface area contributed by atoms with Crippen LogP contribution in [0.15, 0.2) is 12.1 Å². The first kappa shape index (κ1) is 17.3. The molecule has 0 radical (unpaired) electrons. The summed E-state index contributed by atoms with van der Waals surface area (Å²) in [5.41, 5.74) is 3.40. The molecule has 1 saturated carbocycles. The molecule has 1 aromatic heterocycles. The predicted molar refractivity (Wildman–Crippen MR) is 90.0 cm³/mol. The molecule has 1 fully saturated rings. The lowest BCUT2D eigenvalue weighted by Gasteiger charge is -2.14. The molecular weight excluding hydrogens is 292 g/mol. The molecule has 1 aliphatic rings. The number of ether oxygens (including phenoxy) is 1. The van der Waals surface area contributed by atoms with E-state index in [1.165, 1.54) is 30.3 Å². The topological polar surface area (TPSA) is 60.3 Å². The van der Waals surface area contributed by atoms with Crippen LogP contribution in [0, 0.1) is 13.8 Å². The summed E-state index contributed by atoms with van der Waals surface area (Å²) in [6.45, 7) is 9.45. The summed E-state index contributed by atoms with van der Waals surface area (Å²) in [6, 6.07) is 2.71. The third-order valence-electron chi connectivity index (χ3n) is 3.93. The van der Waals surface area contributed by atoms with Gasteiger partial charge < -0.3 is 14.6 Å². The van der Waals surface area contributed by atoms with Crippen LogP contribution in [0.4, 0.5) is 0 Å². The van der Waals surface area contributed by atoms with Crippen molar-refractivity contribution in [2.24, 2.45) is 0 Å². The van der Waals surface area contributed by atoms with Crippen LogP contribution in [-0.4, -0.2) is 28.6 Å². The van der Waals surface area contributed by atoms with E-state index >= 15 is 0 Å². The van der Waals surface area contributed by atoms with Crippen LogP contribution < -0.4 is 5.32 Å². The van der Waals surface area contributed by atoms with Gasteiger partial charge in [0.25, 0.3) is 5.91 Å². The average molecular weight is 318 g/mol. The first-order chi connectivity index (χ1) is 10.8. The molecule has 0 unspecified atom stereocenters. The van der Waals surface area contributed by atoms with Crippen molar-refractivity contribution in [2.75, 3.05) is 0 Å². The van der Waals surface area contributed by atoms with Gasteiger partial charge in [-0.25, -0.2) is 4.79 Å². The average Bonchev–Trinajstić information content (AvgIpc) is 3.23. The van der Waals surface area contributed by atoms with E-state index in [0.29, 0.717) is 6.04 Å². The number of esters is 1. The monoisotopic (exact) mass is 318 g/mol. The zero-order chi connectivity index (χ0) is 17.1. The van der Waals surface area contributed by atoms with Crippen LogP contribution in [0.1, 0.15) is 56.6 Å². The molecule has 0 aromatic carbocycles. The summed E-state index contributed by atoms with van der Waals surface area (Å²) < 4.78 is 7.45. The van der Waals surface area contributed by atoms with Crippen molar-refractivity contribution in [1.29, 1.82) is 0 Å². The molecular formula is C18H26N2O3. The van der Waals surface area contributed by atoms with Gasteiger partial charge in [0, 0.05) is 29.5 Å². The zero-order valence-corrected chi connectivity index (χ0v) is 14.6. The van der Waals surface area contributed by atoms with E-state index in [-0.39, 0.29) is 11.9 Å². The predicted octanol–water partition coefficient (Wildman–Crippen LogP) is 2.91. The highest BCUT2D eigenvalue weighted by atomic mass is 16.5. The van der Waals surface area contributed by atoms with E-state index in [4.69, 9.17) is 4.74 Å². The van der Waals surface area contributed by atoms with Crippen LogP contribution in [0.25, 0.3) is 6.08 Å². The highest BCUT2D eigenvalue weighted by molar-refractivity contribution is 5.90. The molecule has 1 amide bonds. The highest BCUT2D eigenvalue weighted by Crippen LogP contribution is 2.38. The minimum Gasteiger partial charge on any atom is -0.449 e. The third kappa shape index (κ3) is 4.47. The van der Waals surface area contributed by atoms with Gasteiger partial charge in [0.15, 0.2) is 6.10 Å². The van der Waals surface area contributed by atoms with Gasteiger partial charge in [-0.15, -0.1) is 0 Å². The normalized spacial score (nSPS) is 15.9. The molecule has 1 aliphatic carbocycles. The molecule has 1 atom stereocenters. The van der Waals surface area contributed by atoms with E-state index in [9.17, 15) is 9.59 Å². The highest BCUT2D eigenvalue weighted by Gasteiger charge is 2.26. The second-order valence-electron chi connectivity index (χ2n) is 6.50. The van der Waals surface area contributed by atoms with Gasteiger partial charge in [-0.3, -0.25) is 4.79 Å². The molecule has 1 aromatic rings. The number of carbonyl (C=O) groups excluding carboxylic acids is 2. The Morgan fingerprint density at radius 1 is 1.30 bits per heavy atom. The molecule has 1 heterocycles. The van der Waals surface area contributed by atoms with Crippen LogP contribution in [0.2, 0.25) is 0 Å². The molecule has 5 heteroatoms. The second-order valence-corrected chi connectivity index (χ2v) is 6.50. The van der Waals surface area contributed by atoms with Gasteiger partial charge in [0.2, 0.25) is 0 Å². The van der Waals surface area contributed by atoms with Crippen molar-refractivity contribution >= 4 is 18.0 Å². The Hall–Kier alpha value is -2.04. The van der Waals surface area contributed by atoms with Crippen molar-refractivity contribution in [3.05, 3.63) is 29.1 Å². The standard InChI is InChI=1S/C18H26N2O3/c1-11(2)19-18(22)14(5)23-17(21)9-6-15-10-12(3)20(13(15)4)16-7-8-16/h6,9-11,14,16H,7-8H2,1-5H3,(H,19,22)/b9-6+/t14-/m0/s1. The summed E-state index contributed by atoms with van der Waals surface area (Å²) in [4.78, 5) is 23.6. The van der Waals surface area contributed by atoms with Crippen LogP contribution in [0.5, 0.6) is 0 Å². The molecule has 0 spiro atoms. The minimum atomic E-state index is -0.798. The van der Waals surface area contributed by atoms with E-state index in [0.717, 1.165) is 5.56 Å². The number of carbonyl (C=O) groups is 2. The van der Waals surface area contributed by atoms with E-state index in [2.05, 4.69) is 29.8 Å². The fraction of sp³-hybridized carbons (Fsp3) is 0.556. The van der Waals surface area contributed by atoms with Gasteiger partial charge >= 0.3 is 5.97 Å². The van der Waals surface area contributed by atoms with Gasteiger partial charge in [0.1, 0.15) is 0 Å². The number of amides is 1. The van der Waals surface area contributed by atoms with Crippen molar-refractivity contribution < 1.29 is 14.3 Å². The van der Waals surface area contributed by atoms with E-state index in [1.54, 1.807) is 13.0 Å². The Morgan fingerprint density at radius 3 is 2.52 bits per heavy atom. The fourth-order valence-electron chi connectivity index (χ4n) is 2.69. The molecule has 0 aliphatic heterocycles. The summed E-state index contributed by atoms with van der Waals surface area (Å²) in [6.07, 6.45) is 4.80. The first-order valence-electron chi connectivity index (χ1n) is 8.17. The second kappa shape index (κ2) is 7.02. The SMILES string of the molecule is Cc1cc(/C=C/C(=O)O[C@@H](C)C(=O)NC(C)C)c(C)n1C1CC1. The maximum absolute atomic E-state index is 11.9. The first-order valence-corrected chi connectivity index (χ1v) is 8.17. The maximum atomic E-state index is 11.9. The van der Waals surface area contributed by atoms with Crippen molar-refractivity contribution in [3.63, 3.8) is 0 Å². The number of nitrogens with zero attached hydrogens (tertiary/aromatic N) is 1. The summed E-state index contributed by atoms with van der Waals surface area (Å²) >= 11 is 0. The molecule has 23 heavy (non-hydrogen) atoms. The fourth-order valence-corrected chi connectivity index (χ4v) is 2.69. The van der Waals surface area contributed by atoms with Crippen LogP contribution >= 0.6 is 0 Å². The summed E-state index contributed by atoms with van der Waals surface area (Å²) in [5, 5.41) is 2.72. The zero-order valence-electron chi connectivity index (χ0n) is 14.6. The molecule has 1 N–H and O–H groups in total. The third-order valence-corrected chi connectivity index (χ3v) is 3.93. The lowest BCUT2D eigenvalue weighted by molar-refractivity contribution is -0.150. The lowest BCUT2D eigenvalue weighted by atomic mass is 10.2. The lowest BCUT2D eigenvalue weighted by Crippen LogP contribution is -2.39. The Labute approximate surface area is 137 Å². The number of hydrogen-bond acceptors (Lipinski definition) is 3. The van der Waals surface area contributed by atoms with Gasteiger partial charge in [-0.2, -0.15) is 0 Å². The molecule has 5 nitrogen and oxygen atoms in total. The number of hydrogen-bond donors (Lipinski definition) is 1. The number of rotatable bonds is 6. The van der Waals surface area contributed by atoms with Crippen molar-refractivity contribution in [3.8, 4) is 0 Å². The van der Waals surface area contributed by atoms with Gasteiger partial charge in [-0.1, -0.05) is 0 Å². The Bertz CT molecular complexity index is 624. The smallest absolute Gasteiger partial charge is 0.331 e. The van der Waals surface area contributed by atoms with E-state index < -0.39 is 12.1 Å². The number of aromatic nitrogens is 1. The largest absolute Gasteiger partial charge is 0.449 e. The molecule has 2 rings (SSSR count). The summed E-state index contributed by atoms with van der Waals surface area (Å²) in [5.74, 6) is -0.790. The number of nitrogens with one attached hydrogen (secondary N) is 1. The van der Waals surface area contributed by atoms with Crippen LogP contribution in [0.3, 0.4) is 0 Å². The van der Waals surface area contributed by atoms with Gasteiger partial charge in [0.05, 0.1) is 0 Å². The Kier molecular flexibility index (Phi) is 5.29. The molecule has 126 valence electrons. The van der Waals surface area contributed by atoms with Crippen molar-refractivity contribution in [2.45, 2.75) is 65.6 Å². The maximum Gasteiger partial charge on any atom is 0.331 e. The van der Waals surface area contributed by atoms with Crippen LogP contribution in [-0.2, 0) is 14.3 Å².